The summed E-state index contributed by atoms with van der Waals surface area (Å²) in [5.74, 6) is 0.399. The van der Waals surface area contributed by atoms with E-state index in [9.17, 15) is 5.11 Å². The third-order valence-corrected chi connectivity index (χ3v) is 2.94. The van der Waals surface area contributed by atoms with Gasteiger partial charge in [0.2, 0.25) is 0 Å². The van der Waals surface area contributed by atoms with E-state index in [-0.39, 0.29) is 5.75 Å². The first kappa shape index (κ1) is 13.8. The lowest BCUT2D eigenvalue weighted by Crippen LogP contribution is -2.20. The van der Waals surface area contributed by atoms with Crippen LogP contribution in [-0.4, -0.2) is 18.8 Å². The maximum absolute atomic E-state index is 9.68. The Morgan fingerprint density at radius 1 is 1.59 bits per heavy atom. The van der Waals surface area contributed by atoms with Crippen LogP contribution in [0.1, 0.15) is 24.9 Å². The van der Waals surface area contributed by atoms with E-state index < -0.39 is 6.04 Å². The van der Waals surface area contributed by atoms with Crippen LogP contribution < -0.4 is 10.1 Å². The number of hydrogen-bond acceptors (Lipinski definition) is 4. The van der Waals surface area contributed by atoms with Gasteiger partial charge in [-0.15, -0.1) is 0 Å². The lowest BCUT2D eigenvalue weighted by Gasteiger charge is -2.14. The van der Waals surface area contributed by atoms with Crippen molar-refractivity contribution < 1.29 is 9.84 Å². The summed E-state index contributed by atoms with van der Waals surface area (Å²) >= 11 is 3.24. The predicted octanol–water partition coefficient (Wildman–Crippen LogP) is 2.73. The number of nitriles is 1. The van der Waals surface area contributed by atoms with E-state index >= 15 is 0 Å². The Morgan fingerprint density at radius 3 is 2.82 bits per heavy atom. The Labute approximate surface area is 109 Å². The molecule has 1 atom stereocenters. The molecule has 17 heavy (non-hydrogen) atoms. The molecule has 1 unspecified atom stereocenters. The zero-order chi connectivity index (χ0) is 12.8. The third-order valence-electron chi connectivity index (χ3n) is 2.33. The number of phenolic OH excluding ortho intramolecular Hbond substituents is 1. The van der Waals surface area contributed by atoms with Crippen molar-refractivity contribution in [3.63, 3.8) is 0 Å². The van der Waals surface area contributed by atoms with E-state index in [1.807, 2.05) is 6.92 Å². The maximum Gasteiger partial charge on any atom is 0.172 e. The fourth-order valence-corrected chi connectivity index (χ4v) is 1.90. The molecule has 2 N–H and O–H groups in total. The molecule has 0 aromatic heterocycles. The summed E-state index contributed by atoms with van der Waals surface area (Å²) in [6.07, 6.45) is 0.953. The number of aromatic hydroxyl groups is 1. The minimum Gasteiger partial charge on any atom is -0.503 e. The van der Waals surface area contributed by atoms with Gasteiger partial charge in [0, 0.05) is 0 Å². The Kier molecular flexibility index (Phi) is 5.26. The first-order valence-corrected chi connectivity index (χ1v) is 6.12. The average molecular weight is 299 g/mol. The molecule has 0 fully saturated rings. The van der Waals surface area contributed by atoms with Gasteiger partial charge in [0.05, 0.1) is 17.7 Å². The second-order valence-corrected chi connectivity index (χ2v) is 4.42. The fourth-order valence-electron chi connectivity index (χ4n) is 1.44. The molecular weight excluding hydrogens is 284 g/mol. The zero-order valence-corrected chi connectivity index (χ0v) is 11.4. The van der Waals surface area contributed by atoms with Crippen LogP contribution in [0.2, 0.25) is 0 Å². The van der Waals surface area contributed by atoms with Gasteiger partial charge in [-0.2, -0.15) is 5.26 Å². The van der Waals surface area contributed by atoms with Crippen LogP contribution in [0.25, 0.3) is 0 Å². The van der Waals surface area contributed by atoms with Gasteiger partial charge < -0.3 is 9.84 Å². The Hall–Kier alpha value is -1.25. The summed E-state index contributed by atoms with van der Waals surface area (Å²) in [5, 5.41) is 21.9. The summed E-state index contributed by atoms with van der Waals surface area (Å²) in [4.78, 5) is 0. The zero-order valence-electron chi connectivity index (χ0n) is 9.83. The van der Waals surface area contributed by atoms with Gasteiger partial charge in [-0.05, 0) is 46.6 Å². The van der Waals surface area contributed by atoms with Crippen LogP contribution in [0.4, 0.5) is 0 Å². The number of ether oxygens (including phenoxy) is 1. The number of nitrogens with zero attached hydrogens (tertiary/aromatic N) is 1. The molecule has 0 aliphatic rings. The van der Waals surface area contributed by atoms with Crippen molar-refractivity contribution in [2.45, 2.75) is 19.4 Å². The Bertz CT molecular complexity index is 429. The summed E-state index contributed by atoms with van der Waals surface area (Å²) in [6, 6.07) is 5.16. The molecule has 1 rings (SSSR count). The quantitative estimate of drug-likeness (QED) is 0.877. The van der Waals surface area contributed by atoms with Crippen LogP contribution in [-0.2, 0) is 0 Å². The summed E-state index contributed by atoms with van der Waals surface area (Å²) in [6.45, 7) is 2.80. The van der Waals surface area contributed by atoms with E-state index in [2.05, 4.69) is 27.3 Å². The normalized spacial score (nSPS) is 11.9. The van der Waals surface area contributed by atoms with Crippen molar-refractivity contribution in [2.75, 3.05) is 13.7 Å². The van der Waals surface area contributed by atoms with Gasteiger partial charge in [-0.3, -0.25) is 5.32 Å². The number of rotatable bonds is 5. The summed E-state index contributed by atoms with van der Waals surface area (Å²) < 4.78 is 5.57. The number of benzene rings is 1. The molecule has 1 aromatic carbocycles. The second kappa shape index (κ2) is 6.48. The molecule has 5 heteroatoms. The topological polar surface area (TPSA) is 65.3 Å². The standard InChI is InChI=1S/C12H15BrN2O2/c1-3-4-15-10(7-14)8-5-9(13)12(16)11(6-8)17-2/h5-6,10,15-16H,3-4H2,1-2H3. The van der Waals surface area contributed by atoms with Crippen LogP contribution in [0.3, 0.4) is 0 Å². The minimum absolute atomic E-state index is 0.0448. The molecule has 1 aromatic rings. The lowest BCUT2D eigenvalue weighted by molar-refractivity contribution is 0.371. The third kappa shape index (κ3) is 3.35. The van der Waals surface area contributed by atoms with E-state index in [0.29, 0.717) is 10.2 Å². The van der Waals surface area contributed by atoms with E-state index in [1.165, 1.54) is 7.11 Å². The van der Waals surface area contributed by atoms with Crippen LogP contribution in [0.5, 0.6) is 11.5 Å². The van der Waals surface area contributed by atoms with Gasteiger partial charge in [-0.1, -0.05) is 6.92 Å². The highest BCUT2D eigenvalue weighted by Gasteiger charge is 2.15. The molecule has 0 amide bonds. The van der Waals surface area contributed by atoms with E-state index in [4.69, 9.17) is 10.00 Å². The number of hydrogen-bond donors (Lipinski definition) is 2. The van der Waals surface area contributed by atoms with Crippen molar-refractivity contribution in [3.05, 3.63) is 22.2 Å². The first-order chi connectivity index (χ1) is 8.13. The molecule has 0 bridgehead atoms. The van der Waals surface area contributed by atoms with Gasteiger partial charge in [-0.25, -0.2) is 0 Å². The van der Waals surface area contributed by atoms with Gasteiger partial charge in [0.1, 0.15) is 6.04 Å². The number of phenols is 1. The van der Waals surface area contributed by atoms with Crippen molar-refractivity contribution >= 4 is 15.9 Å². The monoisotopic (exact) mass is 298 g/mol. The molecule has 0 radical (unpaired) electrons. The maximum atomic E-state index is 9.68. The first-order valence-electron chi connectivity index (χ1n) is 5.33. The highest BCUT2D eigenvalue weighted by molar-refractivity contribution is 9.10. The molecule has 4 nitrogen and oxygen atoms in total. The minimum atomic E-state index is -0.402. The Balaban J connectivity index is 3.04. The van der Waals surface area contributed by atoms with Crippen LogP contribution in [0.15, 0.2) is 16.6 Å². The smallest absolute Gasteiger partial charge is 0.172 e. The molecule has 0 aliphatic carbocycles. The van der Waals surface area contributed by atoms with Gasteiger partial charge in [0.25, 0.3) is 0 Å². The van der Waals surface area contributed by atoms with E-state index in [0.717, 1.165) is 18.5 Å². The molecule has 0 heterocycles. The number of halogens is 1. The molecule has 0 saturated carbocycles. The predicted molar refractivity (Wildman–Crippen MR) is 69.0 cm³/mol. The van der Waals surface area contributed by atoms with Gasteiger partial charge >= 0.3 is 0 Å². The highest BCUT2D eigenvalue weighted by atomic mass is 79.9. The van der Waals surface area contributed by atoms with Crippen molar-refractivity contribution in [2.24, 2.45) is 0 Å². The highest BCUT2D eigenvalue weighted by Crippen LogP contribution is 2.36. The van der Waals surface area contributed by atoms with Crippen molar-refractivity contribution in [3.8, 4) is 17.6 Å². The molecule has 0 spiro atoms. The summed E-state index contributed by atoms with van der Waals surface area (Å²) in [7, 11) is 1.48. The molecule has 92 valence electrons. The van der Waals surface area contributed by atoms with Crippen LogP contribution >= 0.6 is 15.9 Å². The van der Waals surface area contributed by atoms with E-state index in [1.54, 1.807) is 12.1 Å². The molecule has 0 aliphatic heterocycles. The average Bonchev–Trinajstić information content (AvgIpc) is 2.34. The fraction of sp³-hybridized carbons (Fsp3) is 0.417. The lowest BCUT2D eigenvalue weighted by atomic mass is 10.1. The van der Waals surface area contributed by atoms with Crippen molar-refractivity contribution in [1.29, 1.82) is 5.26 Å². The van der Waals surface area contributed by atoms with Crippen LogP contribution in [0, 0.1) is 11.3 Å². The Morgan fingerprint density at radius 2 is 2.29 bits per heavy atom. The number of nitrogens with one attached hydrogen (secondary N) is 1. The van der Waals surface area contributed by atoms with Gasteiger partial charge in [0.15, 0.2) is 11.5 Å². The largest absolute Gasteiger partial charge is 0.503 e. The SMILES string of the molecule is CCCNC(C#N)c1cc(Br)c(O)c(OC)c1. The molecule has 0 saturated heterocycles. The second-order valence-electron chi connectivity index (χ2n) is 3.57. The molecular formula is C12H15BrN2O2. The van der Waals surface area contributed by atoms with Crippen molar-refractivity contribution in [1.82, 2.24) is 5.32 Å². The summed E-state index contributed by atoms with van der Waals surface area (Å²) in [5.41, 5.74) is 0.766. The number of methoxy groups -OCH3 is 1.